The Bertz CT molecular complexity index is 890. The Kier molecular flexibility index (Phi) is 5.27. The van der Waals surface area contributed by atoms with Crippen LogP contribution in [0.4, 0.5) is 10.5 Å². The van der Waals surface area contributed by atoms with Gasteiger partial charge in [-0.1, -0.05) is 6.07 Å². The van der Waals surface area contributed by atoms with Crippen LogP contribution in [0.5, 0.6) is 0 Å². The molecule has 1 fully saturated rings. The van der Waals surface area contributed by atoms with E-state index in [9.17, 15) is 13.2 Å². The average Bonchev–Trinajstić information content (AvgIpc) is 2.63. The summed E-state index contributed by atoms with van der Waals surface area (Å²) in [5, 5.41) is 2.86. The molecule has 0 atom stereocenters. The minimum Gasteiger partial charge on any atom is -0.324 e. The third kappa shape index (κ3) is 4.22. The molecule has 2 heterocycles. The number of carbonyl (C=O) groups excluding carboxylic acids is 1. The number of amides is 2. The number of hydrogen-bond acceptors (Lipinski definition) is 4. The van der Waals surface area contributed by atoms with Crippen LogP contribution in [0.25, 0.3) is 0 Å². The maximum atomic E-state index is 12.6. The maximum absolute atomic E-state index is 12.6. The molecule has 1 saturated heterocycles. The standard InChI is InChI=1S/C19H23N3O3S/c1-14-3-4-17(26(2,24)25)13-18(14)21-19(23)22-11-7-16(8-12-22)15-5-9-20-10-6-15/h3-6,9-10,13,16H,7-8,11-12H2,1-2H3,(H,21,23). The quantitative estimate of drug-likeness (QED) is 0.896. The smallest absolute Gasteiger partial charge is 0.321 e. The topological polar surface area (TPSA) is 79.4 Å². The van der Waals surface area contributed by atoms with Gasteiger partial charge in [0.05, 0.1) is 4.90 Å². The molecule has 3 rings (SSSR count). The molecule has 1 aromatic carbocycles. The summed E-state index contributed by atoms with van der Waals surface area (Å²) in [6.45, 7) is 3.19. The highest BCUT2D eigenvalue weighted by Gasteiger charge is 2.24. The maximum Gasteiger partial charge on any atom is 0.321 e. The number of rotatable bonds is 3. The van der Waals surface area contributed by atoms with Crippen molar-refractivity contribution in [2.45, 2.75) is 30.6 Å². The van der Waals surface area contributed by atoms with Gasteiger partial charge in [0, 0.05) is 37.4 Å². The first-order valence-electron chi connectivity index (χ1n) is 8.61. The third-order valence-electron chi connectivity index (χ3n) is 4.84. The SMILES string of the molecule is Cc1ccc(S(C)(=O)=O)cc1NC(=O)N1CCC(c2ccncc2)CC1. The second-order valence-corrected chi connectivity index (χ2v) is 8.74. The molecule has 0 bridgehead atoms. The van der Waals surface area contributed by atoms with Crippen molar-refractivity contribution in [1.82, 2.24) is 9.88 Å². The fourth-order valence-electron chi connectivity index (χ4n) is 3.21. The molecular formula is C19H23N3O3S. The van der Waals surface area contributed by atoms with Gasteiger partial charge in [-0.3, -0.25) is 4.98 Å². The van der Waals surface area contributed by atoms with Crippen molar-refractivity contribution in [3.8, 4) is 0 Å². The number of nitrogens with zero attached hydrogens (tertiary/aromatic N) is 2. The van der Waals surface area contributed by atoms with Crippen molar-refractivity contribution in [2.75, 3.05) is 24.7 Å². The van der Waals surface area contributed by atoms with Crippen LogP contribution in [-0.4, -0.2) is 43.7 Å². The Labute approximate surface area is 154 Å². The number of piperidine rings is 1. The lowest BCUT2D eigenvalue weighted by Crippen LogP contribution is -2.40. The lowest BCUT2D eigenvalue weighted by atomic mass is 9.90. The van der Waals surface area contributed by atoms with E-state index in [1.54, 1.807) is 29.4 Å². The van der Waals surface area contributed by atoms with Crippen molar-refractivity contribution < 1.29 is 13.2 Å². The van der Waals surface area contributed by atoms with Gasteiger partial charge in [-0.25, -0.2) is 13.2 Å². The van der Waals surface area contributed by atoms with Crippen LogP contribution in [0.2, 0.25) is 0 Å². The molecule has 26 heavy (non-hydrogen) atoms. The highest BCUT2D eigenvalue weighted by Crippen LogP contribution is 2.28. The van der Waals surface area contributed by atoms with E-state index in [1.807, 2.05) is 19.1 Å². The summed E-state index contributed by atoms with van der Waals surface area (Å²) >= 11 is 0. The highest BCUT2D eigenvalue weighted by atomic mass is 32.2. The average molecular weight is 373 g/mol. The monoisotopic (exact) mass is 373 g/mol. The number of hydrogen-bond donors (Lipinski definition) is 1. The summed E-state index contributed by atoms with van der Waals surface area (Å²) in [7, 11) is -3.31. The number of aryl methyl sites for hydroxylation is 1. The van der Waals surface area contributed by atoms with E-state index < -0.39 is 9.84 Å². The number of sulfone groups is 1. The predicted octanol–water partition coefficient (Wildman–Crippen LogP) is 3.21. The number of carbonyl (C=O) groups is 1. The molecule has 2 aromatic rings. The number of urea groups is 1. The number of pyridine rings is 1. The molecule has 7 heteroatoms. The largest absolute Gasteiger partial charge is 0.324 e. The van der Waals surface area contributed by atoms with Crippen LogP contribution in [0.15, 0.2) is 47.6 Å². The molecule has 0 spiro atoms. The fourth-order valence-corrected chi connectivity index (χ4v) is 3.86. The number of benzene rings is 1. The van der Waals surface area contributed by atoms with E-state index in [-0.39, 0.29) is 10.9 Å². The zero-order valence-electron chi connectivity index (χ0n) is 15.0. The normalized spacial score (nSPS) is 15.7. The van der Waals surface area contributed by atoms with E-state index in [0.717, 1.165) is 24.7 Å². The van der Waals surface area contributed by atoms with Gasteiger partial charge in [-0.2, -0.15) is 0 Å². The number of anilines is 1. The molecule has 1 aliphatic heterocycles. The number of nitrogens with one attached hydrogen (secondary N) is 1. The van der Waals surface area contributed by atoms with Crippen molar-refractivity contribution in [1.29, 1.82) is 0 Å². The zero-order chi connectivity index (χ0) is 18.7. The van der Waals surface area contributed by atoms with E-state index in [1.165, 1.54) is 11.6 Å². The Hall–Kier alpha value is -2.41. The number of aromatic nitrogens is 1. The van der Waals surface area contributed by atoms with E-state index in [0.29, 0.717) is 24.7 Å². The van der Waals surface area contributed by atoms with Crippen molar-refractivity contribution in [2.24, 2.45) is 0 Å². The van der Waals surface area contributed by atoms with E-state index >= 15 is 0 Å². The van der Waals surface area contributed by atoms with Gasteiger partial charge >= 0.3 is 6.03 Å². The summed E-state index contributed by atoms with van der Waals surface area (Å²) in [4.78, 5) is 18.6. The van der Waals surface area contributed by atoms with Crippen LogP contribution in [0.3, 0.4) is 0 Å². The van der Waals surface area contributed by atoms with Gasteiger partial charge in [-0.05, 0) is 61.1 Å². The molecular weight excluding hydrogens is 350 g/mol. The second-order valence-electron chi connectivity index (χ2n) is 6.72. The molecule has 2 amide bonds. The second kappa shape index (κ2) is 7.45. The Balaban J connectivity index is 1.65. The molecule has 1 aliphatic rings. The van der Waals surface area contributed by atoms with Gasteiger partial charge in [-0.15, -0.1) is 0 Å². The highest BCUT2D eigenvalue weighted by molar-refractivity contribution is 7.90. The number of likely N-dealkylation sites (tertiary alicyclic amines) is 1. The molecule has 138 valence electrons. The van der Waals surface area contributed by atoms with Gasteiger partial charge < -0.3 is 10.2 Å². The minimum absolute atomic E-state index is 0.188. The lowest BCUT2D eigenvalue weighted by Gasteiger charge is -2.32. The molecule has 0 radical (unpaired) electrons. The molecule has 0 aliphatic carbocycles. The summed E-state index contributed by atoms with van der Waals surface area (Å²) in [5.74, 6) is 0.442. The predicted molar refractivity (Wildman–Crippen MR) is 101 cm³/mol. The Morgan fingerprint density at radius 2 is 1.81 bits per heavy atom. The fraction of sp³-hybridized carbons (Fsp3) is 0.368. The van der Waals surface area contributed by atoms with Crippen LogP contribution in [0.1, 0.15) is 29.9 Å². The first kappa shape index (κ1) is 18.4. The van der Waals surface area contributed by atoms with Gasteiger partial charge in [0.1, 0.15) is 0 Å². The van der Waals surface area contributed by atoms with Crippen molar-refractivity contribution >= 4 is 21.6 Å². The van der Waals surface area contributed by atoms with Gasteiger partial charge in [0.25, 0.3) is 0 Å². The third-order valence-corrected chi connectivity index (χ3v) is 5.95. The summed E-state index contributed by atoms with van der Waals surface area (Å²) in [5.41, 5.74) is 2.63. The van der Waals surface area contributed by atoms with Crippen LogP contribution in [0, 0.1) is 6.92 Å². The van der Waals surface area contributed by atoms with Crippen molar-refractivity contribution in [3.63, 3.8) is 0 Å². The Morgan fingerprint density at radius 1 is 1.15 bits per heavy atom. The Morgan fingerprint density at radius 3 is 2.42 bits per heavy atom. The van der Waals surface area contributed by atoms with Crippen LogP contribution in [-0.2, 0) is 9.84 Å². The van der Waals surface area contributed by atoms with E-state index in [2.05, 4.69) is 10.3 Å². The zero-order valence-corrected chi connectivity index (χ0v) is 15.8. The minimum atomic E-state index is -3.31. The summed E-state index contributed by atoms with van der Waals surface area (Å²) in [6, 6.07) is 8.65. The van der Waals surface area contributed by atoms with Crippen molar-refractivity contribution in [3.05, 3.63) is 53.9 Å². The van der Waals surface area contributed by atoms with Crippen LogP contribution < -0.4 is 5.32 Å². The summed E-state index contributed by atoms with van der Waals surface area (Å²) < 4.78 is 23.5. The van der Waals surface area contributed by atoms with Crippen LogP contribution >= 0.6 is 0 Å². The molecule has 1 aromatic heterocycles. The van der Waals surface area contributed by atoms with E-state index in [4.69, 9.17) is 0 Å². The molecule has 6 nitrogen and oxygen atoms in total. The van der Waals surface area contributed by atoms with Gasteiger partial charge in [0.2, 0.25) is 0 Å². The van der Waals surface area contributed by atoms with Gasteiger partial charge in [0.15, 0.2) is 9.84 Å². The summed E-state index contributed by atoms with van der Waals surface area (Å²) in [6.07, 6.45) is 6.56. The molecule has 0 unspecified atom stereocenters. The molecule has 1 N–H and O–H groups in total. The molecule has 0 saturated carbocycles. The lowest BCUT2D eigenvalue weighted by molar-refractivity contribution is 0.194. The first-order valence-corrected chi connectivity index (χ1v) is 10.5. The first-order chi connectivity index (χ1) is 12.3.